The summed E-state index contributed by atoms with van der Waals surface area (Å²) in [6.07, 6.45) is 2.32. The van der Waals surface area contributed by atoms with Gasteiger partial charge < -0.3 is 10.2 Å². The Bertz CT molecular complexity index is 501. The zero-order valence-corrected chi connectivity index (χ0v) is 12.1. The van der Waals surface area contributed by atoms with Crippen LogP contribution in [0.2, 0.25) is 0 Å². The molecule has 106 valence electrons. The molecule has 4 heteroatoms. The van der Waals surface area contributed by atoms with Crippen LogP contribution in [0.4, 0.5) is 5.69 Å². The van der Waals surface area contributed by atoms with E-state index in [2.05, 4.69) is 25.2 Å². The van der Waals surface area contributed by atoms with E-state index >= 15 is 0 Å². The fourth-order valence-electron chi connectivity index (χ4n) is 2.57. The number of hydrogen-bond acceptors (Lipinski definition) is 3. The van der Waals surface area contributed by atoms with E-state index in [4.69, 9.17) is 5.26 Å². The van der Waals surface area contributed by atoms with Crippen molar-refractivity contribution in [3.63, 3.8) is 0 Å². The number of nitrogens with zero attached hydrogens (tertiary/aromatic N) is 2. The first-order valence-electron chi connectivity index (χ1n) is 7.15. The van der Waals surface area contributed by atoms with Crippen molar-refractivity contribution in [3.05, 3.63) is 29.8 Å². The van der Waals surface area contributed by atoms with Crippen molar-refractivity contribution in [2.24, 2.45) is 0 Å². The van der Waals surface area contributed by atoms with Gasteiger partial charge in [-0.1, -0.05) is 26.0 Å². The Morgan fingerprint density at radius 3 is 2.70 bits per heavy atom. The number of piperidine rings is 1. The summed E-state index contributed by atoms with van der Waals surface area (Å²) < 4.78 is 0. The van der Waals surface area contributed by atoms with Gasteiger partial charge >= 0.3 is 0 Å². The molecule has 2 rings (SSSR count). The van der Waals surface area contributed by atoms with E-state index in [1.165, 1.54) is 0 Å². The summed E-state index contributed by atoms with van der Waals surface area (Å²) in [6, 6.07) is 10.1. The Balaban J connectivity index is 2.11. The Hall–Kier alpha value is -1.86. The molecule has 1 fully saturated rings. The number of nitriles is 1. The maximum Gasteiger partial charge on any atom is 0.244 e. The lowest BCUT2D eigenvalue weighted by atomic mass is 10.0. The smallest absolute Gasteiger partial charge is 0.244 e. The summed E-state index contributed by atoms with van der Waals surface area (Å²) in [6.45, 7) is 4.89. The predicted molar refractivity (Wildman–Crippen MR) is 79.4 cm³/mol. The molecule has 1 saturated heterocycles. The lowest BCUT2D eigenvalue weighted by Crippen LogP contribution is -2.52. The lowest BCUT2D eigenvalue weighted by Gasteiger charge is -2.33. The largest absolute Gasteiger partial charge is 0.311 e. The number of hydrogen-bond donors (Lipinski definition) is 1. The van der Waals surface area contributed by atoms with Crippen LogP contribution >= 0.6 is 0 Å². The van der Waals surface area contributed by atoms with E-state index in [0.717, 1.165) is 30.6 Å². The summed E-state index contributed by atoms with van der Waals surface area (Å²) in [5.41, 5.74) is 1.91. The molecule has 4 nitrogen and oxygen atoms in total. The summed E-state index contributed by atoms with van der Waals surface area (Å²) in [4.78, 5) is 14.3. The second kappa shape index (κ2) is 6.53. The van der Waals surface area contributed by atoms with E-state index in [1.54, 1.807) is 0 Å². The average Bonchev–Trinajstić information content (AvgIpc) is 2.42. The summed E-state index contributed by atoms with van der Waals surface area (Å²) in [5.74, 6) is 0.151. The minimum atomic E-state index is -0.0810. The van der Waals surface area contributed by atoms with Crippen LogP contribution in [0.1, 0.15) is 32.3 Å². The van der Waals surface area contributed by atoms with E-state index in [0.29, 0.717) is 12.5 Å². The standard InChI is InChI=1S/C16H21N3O/c1-12(2)18-15-4-3-11-19(16(15)20)14-7-5-13(6-8-14)9-10-17/h5-8,12,15,18H,3-4,9,11H2,1-2H3. The average molecular weight is 271 g/mol. The molecule has 0 aliphatic carbocycles. The lowest BCUT2D eigenvalue weighted by molar-refractivity contribution is -0.121. The minimum Gasteiger partial charge on any atom is -0.311 e. The van der Waals surface area contributed by atoms with Crippen LogP contribution < -0.4 is 10.2 Å². The number of benzene rings is 1. The van der Waals surface area contributed by atoms with Gasteiger partial charge in [0.15, 0.2) is 0 Å². The molecular weight excluding hydrogens is 250 g/mol. The molecule has 1 aliphatic heterocycles. The molecule has 1 aromatic carbocycles. The quantitative estimate of drug-likeness (QED) is 0.913. The molecule has 1 heterocycles. The molecule has 0 spiro atoms. The number of amides is 1. The van der Waals surface area contributed by atoms with Crippen molar-refractivity contribution in [3.8, 4) is 6.07 Å². The predicted octanol–water partition coefficient (Wildman–Crippen LogP) is 2.25. The highest BCUT2D eigenvalue weighted by atomic mass is 16.2. The Morgan fingerprint density at radius 1 is 1.40 bits per heavy atom. The van der Waals surface area contributed by atoms with E-state index in [-0.39, 0.29) is 11.9 Å². The number of carbonyl (C=O) groups excluding carboxylic acids is 1. The van der Waals surface area contributed by atoms with Crippen molar-refractivity contribution in [1.29, 1.82) is 5.26 Å². The zero-order chi connectivity index (χ0) is 14.5. The van der Waals surface area contributed by atoms with Gasteiger partial charge in [0.05, 0.1) is 18.5 Å². The fraction of sp³-hybridized carbons (Fsp3) is 0.500. The Morgan fingerprint density at radius 2 is 2.10 bits per heavy atom. The second-order valence-electron chi connectivity index (χ2n) is 5.51. The van der Waals surface area contributed by atoms with Crippen LogP contribution in [-0.4, -0.2) is 24.5 Å². The SMILES string of the molecule is CC(C)NC1CCCN(c2ccc(CC#N)cc2)C1=O. The highest BCUT2D eigenvalue weighted by Crippen LogP contribution is 2.22. The first-order valence-corrected chi connectivity index (χ1v) is 7.15. The number of carbonyl (C=O) groups is 1. The highest BCUT2D eigenvalue weighted by Gasteiger charge is 2.29. The monoisotopic (exact) mass is 271 g/mol. The van der Waals surface area contributed by atoms with Crippen LogP contribution in [0.25, 0.3) is 0 Å². The number of nitrogens with one attached hydrogen (secondary N) is 1. The molecule has 0 radical (unpaired) electrons. The van der Waals surface area contributed by atoms with Gasteiger partial charge in [-0.25, -0.2) is 0 Å². The van der Waals surface area contributed by atoms with Crippen molar-refractivity contribution in [2.75, 3.05) is 11.4 Å². The van der Waals surface area contributed by atoms with E-state index < -0.39 is 0 Å². The normalized spacial score (nSPS) is 19.2. The van der Waals surface area contributed by atoms with Gasteiger partial charge in [-0.15, -0.1) is 0 Å². The Kier molecular flexibility index (Phi) is 4.75. The maximum absolute atomic E-state index is 12.5. The molecule has 1 N–H and O–H groups in total. The number of anilines is 1. The zero-order valence-electron chi connectivity index (χ0n) is 12.1. The molecule has 1 aliphatic rings. The van der Waals surface area contributed by atoms with Gasteiger partial charge in [-0.3, -0.25) is 4.79 Å². The molecule has 1 amide bonds. The van der Waals surface area contributed by atoms with Crippen molar-refractivity contribution >= 4 is 11.6 Å². The van der Waals surface area contributed by atoms with Crippen LogP contribution in [0.3, 0.4) is 0 Å². The third kappa shape index (κ3) is 3.37. The molecular formula is C16H21N3O. The molecule has 0 saturated carbocycles. The van der Waals surface area contributed by atoms with Gasteiger partial charge in [-0.2, -0.15) is 5.26 Å². The number of rotatable bonds is 4. The third-order valence-corrected chi connectivity index (χ3v) is 3.50. The van der Waals surface area contributed by atoms with Crippen molar-refractivity contribution < 1.29 is 4.79 Å². The van der Waals surface area contributed by atoms with Gasteiger partial charge in [0.1, 0.15) is 0 Å². The topological polar surface area (TPSA) is 56.1 Å². The highest BCUT2D eigenvalue weighted by molar-refractivity contribution is 5.97. The van der Waals surface area contributed by atoms with Gasteiger partial charge in [0.2, 0.25) is 5.91 Å². The first-order chi connectivity index (χ1) is 9.61. The Labute approximate surface area is 120 Å². The molecule has 20 heavy (non-hydrogen) atoms. The van der Waals surface area contributed by atoms with Crippen molar-refractivity contribution in [2.45, 2.75) is 45.2 Å². The van der Waals surface area contributed by atoms with Gasteiger partial charge in [-0.05, 0) is 30.5 Å². The fourth-order valence-corrected chi connectivity index (χ4v) is 2.57. The van der Waals surface area contributed by atoms with Gasteiger partial charge in [0, 0.05) is 18.3 Å². The summed E-state index contributed by atoms with van der Waals surface area (Å²) >= 11 is 0. The van der Waals surface area contributed by atoms with Crippen LogP contribution in [0, 0.1) is 11.3 Å². The summed E-state index contributed by atoms with van der Waals surface area (Å²) in [7, 11) is 0. The van der Waals surface area contributed by atoms with E-state index in [1.807, 2.05) is 29.2 Å². The molecule has 1 unspecified atom stereocenters. The maximum atomic E-state index is 12.5. The third-order valence-electron chi connectivity index (χ3n) is 3.50. The molecule has 0 aromatic heterocycles. The van der Waals surface area contributed by atoms with Crippen LogP contribution in [0.15, 0.2) is 24.3 Å². The van der Waals surface area contributed by atoms with Crippen LogP contribution in [0.5, 0.6) is 0 Å². The molecule has 1 atom stereocenters. The second-order valence-corrected chi connectivity index (χ2v) is 5.51. The van der Waals surface area contributed by atoms with E-state index in [9.17, 15) is 4.79 Å². The molecule has 0 bridgehead atoms. The van der Waals surface area contributed by atoms with Gasteiger partial charge in [0.25, 0.3) is 0 Å². The summed E-state index contributed by atoms with van der Waals surface area (Å²) in [5, 5.41) is 12.0. The first kappa shape index (κ1) is 14.5. The van der Waals surface area contributed by atoms with Crippen LogP contribution in [-0.2, 0) is 11.2 Å². The van der Waals surface area contributed by atoms with Crippen molar-refractivity contribution in [1.82, 2.24) is 5.32 Å². The molecule has 1 aromatic rings. The minimum absolute atomic E-state index is 0.0810.